The van der Waals surface area contributed by atoms with Crippen LogP contribution < -0.4 is 14.2 Å². The van der Waals surface area contributed by atoms with Gasteiger partial charge >= 0.3 is 0 Å². The van der Waals surface area contributed by atoms with Gasteiger partial charge in [-0.1, -0.05) is 12.1 Å². The summed E-state index contributed by atoms with van der Waals surface area (Å²) in [5.74, 6) is 2.06. The van der Waals surface area contributed by atoms with Gasteiger partial charge in [0.2, 0.25) is 5.75 Å². The van der Waals surface area contributed by atoms with Crippen LogP contribution in [0.4, 0.5) is 0 Å². The lowest BCUT2D eigenvalue weighted by Crippen LogP contribution is -2.12. The van der Waals surface area contributed by atoms with Gasteiger partial charge in [0.15, 0.2) is 11.5 Å². The number of nitrogens with zero attached hydrogens (tertiary/aromatic N) is 2. The monoisotopic (exact) mass is 356 g/mol. The number of benzene rings is 2. The van der Waals surface area contributed by atoms with E-state index in [9.17, 15) is 5.11 Å². The molecule has 0 bridgehead atoms. The molecular formula is C20H24N2O4. The predicted octanol–water partition coefficient (Wildman–Crippen LogP) is 3.72. The zero-order chi connectivity index (χ0) is 18.8. The molecule has 6 nitrogen and oxygen atoms in total. The predicted molar refractivity (Wildman–Crippen MR) is 100 cm³/mol. The van der Waals surface area contributed by atoms with Gasteiger partial charge in [-0.25, -0.2) is 4.98 Å². The van der Waals surface area contributed by atoms with Crippen LogP contribution >= 0.6 is 0 Å². The van der Waals surface area contributed by atoms with Gasteiger partial charge in [0, 0.05) is 6.04 Å². The lowest BCUT2D eigenvalue weighted by Gasteiger charge is -2.19. The van der Waals surface area contributed by atoms with E-state index in [1.54, 1.807) is 33.5 Å². The van der Waals surface area contributed by atoms with Crippen LogP contribution in [0.3, 0.4) is 0 Å². The first-order chi connectivity index (χ1) is 12.5. The Morgan fingerprint density at radius 2 is 1.58 bits per heavy atom. The number of hydrogen-bond acceptors (Lipinski definition) is 5. The quantitative estimate of drug-likeness (QED) is 0.729. The molecule has 2 aromatic carbocycles. The first kappa shape index (κ1) is 18.1. The van der Waals surface area contributed by atoms with Crippen LogP contribution in [0.2, 0.25) is 0 Å². The maximum absolute atomic E-state index is 11.1. The highest BCUT2D eigenvalue weighted by atomic mass is 16.5. The second-order valence-electron chi connectivity index (χ2n) is 6.28. The van der Waals surface area contributed by atoms with E-state index in [-0.39, 0.29) is 6.04 Å². The molecule has 0 spiro atoms. The van der Waals surface area contributed by atoms with E-state index in [1.807, 2.05) is 28.8 Å². The highest BCUT2D eigenvalue weighted by Gasteiger charge is 2.24. The Bertz CT molecular complexity index is 892. The van der Waals surface area contributed by atoms with Crippen molar-refractivity contribution in [2.24, 2.45) is 0 Å². The molecule has 138 valence electrons. The summed E-state index contributed by atoms with van der Waals surface area (Å²) >= 11 is 0. The lowest BCUT2D eigenvalue weighted by molar-refractivity contribution is 0.202. The molecule has 0 fully saturated rings. The van der Waals surface area contributed by atoms with E-state index in [0.29, 0.717) is 28.6 Å². The van der Waals surface area contributed by atoms with E-state index in [1.165, 1.54) is 0 Å². The minimum Gasteiger partial charge on any atom is -0.493 e. The molecule has 0 saturated heterocycles. The van der Waals surface area contributed by atoms with Gasteiger partial charge in [0.1, 0.15) is 11.9 Å². The summed E-state index contributed by atoms with van der Waals surface area (Å²) in [6.07, 6.45) is -0.932. The molecule has 1 aromatic heterocycles. The van der Waals surface area contributed by atoms with E-state index >= 15 is 0 Å². The largest absolute Gasteiger partial charge is 0.493 e. The molecule has 1 unspecified atom stereocenters. The normalized spacial score (nSPS) is 12.4. The minimum atomic E-state index is -0.932. The van der Waals surface area contributed by atoms with Crippen molar-refractivity contribution in [3.8, 4) is 17.2 Å². The molecule has 0 saturated carbocycles. The van der Waals surface area contributed by atoms with Gasteiger partial charge < -0.3 is 23.9 Å². The number of methoxy groups -OCH3 is 3. The number of imidazole rings is 1. The molecule has 3 rings (SSSR count). The molecule has 6 heteroatoms. The Hall–Kier alpha value is -2.73. The zero-order valence-corrected chi connectivity index (χ0v) is 15.7. The third-order valence-corrected chi connectivity index (χ3v) is 4.39. The van der Waals surface area contributed by atoms with Crippen molar-refractivity contribution in [1.29, 1.82) is 0 Å². The van der Waals surface area contributed by atoms with Crippen molar-refractivity contribution in [2.45, 2.75) is 26.0 Å². The third kappa shape index (κ3) is 2.97. The first-order valence-corrected chi connectivity index (χ1v) is 8.46. The summed E-state index contributed by atoms with van der Waals surface area (Å²) in [6, 6.07) is 11.5. The summed E-state index contributed by atoms with van der Waals surface area (Å²) in [5.41, 5.74) is 2.46. The molecular weight excluding hydrogens is 332 g/mol. The Balaban J connectivity index is 2.17. The van der Waals surface area contributed by atoms with Gasteiger partial charge in [-0.2, -0.15) is 0 Å². The third-order valence-electron chi connectivity index (χ3n) is 4.39. The molecule has 0 amide bonds. The molecule has 1 N–H and O–H groups in total. The summed E-state index contributed by atoms with van der Waals surface area (Å²) < 4.78 is 18.2. The first-order valence-electron chi connectivity index (χ1n) is 8.46. The van der Waals surface area contributed by atoms with Gasteiger partial charge in [0.05, 0.1) is 32.4 Å². The summed E-state index contributed by atoms with van der Waals surface area (Å²) in [7, 11) is 4.66. The highest BCUT2D eigenvalue weighted by molar-refractivity contribution is 5.76. The minimum absolute atomic E-state index is 0.147. The highest BCUT2D eigenvalue weighted by Crippen LogP contribution is 2.41. The van der Waals surface area contributed by atoms with Crippen molar-refractivity contribution >= 4 is 11.0 Å². The van der Waals surface area contributed by atoms with Crippen molar-refractivity contribution in [1.82, 2.24) is 9.55 Å². The number of aliphatic hydroxyl groups excluding tert-OH is 1. The Kier molecular flexibility index (Phi) is 5.04. The average Bonchev–Trinajstić information content (AvgIpc) is 3.05. The van der Waals surface area contributed by atoms with E-state index in [0.717, 1.165) is 11.0 Å². The Labute approximate surface area is 152 Å². The van der Waals surface area contributed by atoms with Crippen molar-refractivity contribution < 1.29 is 19.3 Å². The van der Waals surface area contributed by atoms with Crippen LogP contribution in [0.1, 0.15) is 37.4 Å². The molecule has 0 aliphatic heterocycles. The standard InChI is InChI=1S/C20H24N2O4/c1-12(2)22-15-9-7-6-8-14(15)21-20(22)18(23)13-10-16(24-3)19(26-5)17(11-13)25-4/h6-12,18,23H,1-5H3. The fourth-order valence-electron chi connectivity index (χ4n) is 3.21. The number of para-hydroxylation sites is 2. The summed E-state index contributed by atoms with van der Waals surface area (Å²) in [4.78, 5) is 4.66. The van der Waals surface area contributed by atoms with Crippen LogP contribution in [-0.4, -0.2) is 36.0 Å². The number of rotatable bonds is 6. The molecule has 0 aliphatic rings. The van der Waals surface area contributed by atoms with Crippen LogP contribution in [0.5, 0.6) is 17.2 Å². The lowest BCUT2D eigenvalue weighted by atomic mass is 10.1. The van der Waals surface area contributed by atoms with Crippen molar-refractivity contribution in [2.75, 3.05) is 21.3 Å². The SMILES string of the molecule is COc1cc(C(O)c2nc3ccccc3n2C(C)C)cc(OC)c1OC. The second-order valence-corrected chi connectivity index (χ2v) is 6.28. The van der Waals surface area contributed by atoms with Crippen LogP contribution in [-0.2, 0) is 0 Å². The van der Waals surface area contributed by atoms with E-state index in [2.05, 4.69) is 18.8 Å². The fraction of sp³-hybridized carbons (Fsp3) is 0.350. The molecule has 0 radical (unpaired) electrons. The Morgan fingerprint density at radius 3 is 2.12 bits per heavy atom. The summed E-state index contributed by atoms with van der Waals surface area (Å²) in [6.45, 7) is 4.14. The van der Waals surface area contributed by atoms with Crippen LogP contribution in [0.25, 0.3) is 11.0 Å². The van der Waals surface area contributed by atoms with Crippen LogP contribution in [0.15, 0.2) is 36.4 Å². The van der Waals surface area contributed by atoms with E-state index < -0.39 is 6.10 Å². The zero-order valence-electron chi connectivity index (χ0n) is 15.7. The second kappa shape index (κ2) is 7.25. The molecule has 1 heterocycles. The molecule has 0 aliphatic carbocycles. The molecule has 1 atom stereocenters. The van der Waals surface area contributed by atoms with Gasteiger partial charge in [0.25, 0.3) is 0 Å². The van der Waals surface area contributed by atoms with Crippen molar-refractivity contribution in [3.63, 3.8) is 0 Å². The number of aromatic nitrogens is 2. The van der Waals surface area contributed by atoms with Gasteiger partial charge in [-0.15, -0.1) is 0 Å². The van der Waals surface area contributed by atoms with Crippen LogP contribution in [0, 0.1) is 0 Å². The maximum atomic E-state index is 11.1. The van der Waals surface area contributed by atoms with E-state index in [4.69, 9.17) is 14.2 Å². The fourth-order valence-corrected chi connectivity index (χ4v) is 3.21. The summed E-state index contributed by atoms with van der Waals surface area (Å²) in [5, 5.41) is 11.1. The smallest absolute Gasteiger partial charge is 0.203 e. The van der Waals surface area contributed by atoms with Crippen molar-refractivity contribution in [3.05, 3.63) is 47.8 Å². The Morgan fingerprint density at radius 1 is 0.962 bits per heavy atom. The molecule has 3 aromatic rings. The molecule has 26 heavy (non-hydrogen) atoms. The number of hydrogen-bond donors (Lipinski definition) is 1. The van der Waals surface area contributed by atoms with Gasteiger partial charge in [-0.3, -0.25) is 0 Å². The number of ether oxygens (including phenoxy) is 3. The topological polar surface area (TPSA) is 65.7 Å². The van der Waals surface area contributed by atoms with Gasteiger partial charge in [-0.05, 0) is 43.7 Å². The maximum Gasteiger partial charge on any atom is 0.203 e. The average molecular weight is 356 g/mol. The number of fused-ring (bicyclic) bond motifs is 1. The number of aliphatic hydroxyl groups is 1.